The first-order valence-electron chi connectivity index (χ1n) is 17.4. The van der Waals surface area contributed by atoms with Crippen molar-refractivity contribution in [3.63, 3.8) is 0 Å². The molecule has 3 heterocycles. The third kappa shape index (κ3) is 4.12. The van der Waals surface area contributed by atoms with Gasteiger partial charge in [0, 0.05) is 43.9 Å². The molecule has 3 aromatic heterocycles. The van der Waals surface area contributed by atoms with Crippen molar-refractivity contribution in [2.75, 3.05) is 0 Å². The van der Waals surface area contributed by atoms with E-state index in [1.807, 2.05) is 6.07 Å². The second-order valence-corrected chi connectivity index (χ2v) is 13.3. The molecule has 0 spiro atoms. The Kier molecular flexibility index (Phi) is 5.96. The van der Waals surface area contributed by atoms with Crippen LogP contribution < -0.4 is 0 Å². The maximum absolute atomic E-state index is 6.72. The zero-order valence-electron chi connectivity index (χ0n) is 27.6. The molecule has 11 aromatic rings. The van der Waals surface area contributed by atoms with Gasteiger partial charge in [0.1, 0.15) is 11.2 Å². The van der Waals surface area contributed by atoms with Crippen LogP contribution >= 0.6 is 0 Å². The molecule has 0 aliphatic heterocycles. The number of hydrogen-bond acceptors (Lipinski definition) is 1. The maximum Gasteiger partial charge on any atom is 0.145 e. The molecule has 0 unspecified atom stereocenters. The predicted molar refractivity (Wildman–Crippen MR) is 213 cm³/mol. The van der Waals surface area contributed by atoms with Gasteiger partial charge in [0.2, 0.25) is 0 Å². The van der Waals surface area contributed by atoms with E-state index in [-0.39, 0.29) is 0 Å². The summed E-state index contributed by atoms with van der Waals surface area (Å²) in [6.45, 7) is 0. The first-order chi connectivity index (χ1) is 25.3. The third-order valence-corrected chi connectivity index (χ3v) is 10.5. The van der Waals surface area contributed by atoms with Crippen LogP contribution in [0.4, 0.5) is 0 Å². The standard InChI is InChI=1S/C48H30N2O/c1-2-12-31(13-3-1)32-22-26-35(27-23-32)50-44-20-10-6-17-39(44)46-47(50)40(30-41-38-16-7-11-21-45(38)51-48(41)46)33-24-28-34(29-25-33)49-42-18-8-4-14-36(42)37-15-5-9-19-43(37)49/h1-30H. The Hall–Kier alpha value is -6.84. The molecule has 0 bridgehead atoms. The van der Waals surface area contributed by atoms with Crippen LogP contribution in [0, 0.1) is 0 Å². The highest BCUT2D eigenvalue weighted by Crippen LogP contribution is 2.45. The van der Waals surface area contributed by atoms with Crippen LogP contribution in [0.3, 0.4) is 0 Å². The minimum Gasteiger partial charge on any atom is -0.455 e. The number of rotatable bonds is 4. The molecule has 51 heavy (non-hydrogen) atoms. The van der Waals surface area contributed by atoms with Gasteiger partial charge in [-0.15, -0.1) is 0 Å². The zero-order valence-corrected chi connectivity index (χ0v) is 27.6. The van der Waals surface area contributed by atoms with Gasteiger partial charge in [-0.3, -0.25) is 0 Å². The number of benzene rings is 8. The largest absolute Gasteiger partial charge is 0.455 e. The SMILES string of the molecule is c1ccc(-c2ccc(-n3c4ccccc4c4c5oc6ccccc6c5cc(-c5ccc(-n6c7ccccc7c7ccccc76)cc5)c43)cc2)cc1. The highest BCUT2D eigenvalue weighted by molar-refractivity contribution is 6.27. The number of aromatic nitrogens is 2. The van der Waals surface area contributed by atoms with Crippen LogP contribution in [0.15, 0.2) is 186 Å². The molecule has 238 valence electrons. The molecule has 0 atom stereocenters. The normalized spacial score (nSPS) is 11.9. The Labute approximate surface area is 293 Å². The van der Waals surface area contributed by atoms with E-state index >= 15 is 0 Å². The lowest BCUT2D eigenvalue weighted by Gasteiger charge is -2.14. The topological polar surface area (TPSA) is 23.0 Å². The molecule has 0 radical (unpaired) electrons. The van der Waals surface area contributed by atoms with Crippen molar-refractivity contribution in [3.8, 4) is 33.6 Å². The van der Waals surface area contributed by atoms with Crippen molar-refractivity contribution < 1.29 is 4.42 Å². The van der Waals surface area contributed by atoms with Gasteiger partial charge in [0.15, 0.2) is 0 Å². The summed E-state index contributed by atoms with van der Waals surface area (Å²) in [5.74, 6) is 0. The molecular formula is C48H30N2O. The van der Waals surface area contributed by atoms with E-state index in [4.69, 9.17) is 4.42 Å². The second-order valence-electron chi connectivity index (χ2n) is 13.3. The van der Waals surface area contributed by atoms with Crippen LogP contribution in [0.25, 0.3) is 99.2 Å². The number of fused-ring (bicyclic) bond motifs is 10. The van der Waals surface area contributed by atoms with E-state index in [1.54, 1.807) is 0 Å². The average molecular weight is 651 g/mol. The third-order valence-electron chi connectivity index (χ3n) is 10.5. The lowest BCUT2D eigenvalue weighted by molar-refractivity contribution is 0.673. The van der Waals surface area contributed by atoms with Crippen molar-refractivity contribution >= 4 is 65.6 Å². The molecule has 0 saturated carbocycles. The summed E-state index contributed by atoms with van der Waals surface area (Å²) < 4.78 is 11.5. The molecule has 0 saturated heterocycles. The van der Waals surface area contributed by atoms with E-state index < -0.39 is 0 Å². The van der Waals surface area contributed by atoms with Crippen LogP contribution in [0.5, 0.6) is 0 Å². The molecule has 0 amide bonds. The van der Waals surface area contributed by atoms with Crippen molar-refractivity contribution in [1.82, 2.24) is 9.13 Å². The highest BCUT2D eigenvalue weighted by Gasteiger charge is 2.23. The number of hydrogen-bond donors (Lipinski definition) is 0. The molecule has 0 aliphatic carbocycles. The fourth-order valence-electron chi connectivity index (χ4n) is 8.24. The van der Waals surface area contributed by atoms with E-state index in [0.29, 0.717) is 0 Å². The fraction of sp³-hybridized carbons (Fsp3) is 0. The first kappa shape index (κ1) is 28.0. The number of nitrogens with zero attached hydrogens (tertiary/aromatic N) is 2. The molecule has 8 aromatic carbocycles. The Morgan fingerprint density at radius 1 is 0.353 bits per heavy atom. The van der Waals surface area contributed by atoms with Crippen molar-refractivity contribution in [2.45, 2.75) is 0 Å². The Bertz CT molecular complexity index is 3050. The Morgan fingerprint density at radius 2 is 0.843 bits per heavy atom. The van der Waals surface area contributed by atoms with E-state index in [0.717, 1.165) is 55.3 Å². The molecule has 0 aliphatic rings. The summed E-state index contributed by atoms with van der Waals surface area (Å²) >= 11 is 0. The summed E-state index contributed by atoms with van der Waals surface area (Å²) in [5.41, 5.74) is 13.5. The average Bonchev–Trinajstić information content (AvgIpc) is 3.86. The molecule has 3 nitrogen and oxygen atoms in total. The van der Waals surface area contributed by atoms with Crippen LogP contribution in [0.1, 0.15) is 0 Å². The van der Waals surface area contributed by atoms with Gasteiger partial charge < -0.3 is 13.6 Å². The Morgan fingerprint density at radius 3 is 1.51 bits per heavy atom. The zero-order chi connectivity index (χ0) is 33.5. The summed E-state index contributed by atoms with van der Waals surface area (Å²) in [7, 11) is 0. The molecule has 11 rings (SSSR count). The quantitative estimate of drug-likeness (QED) is 0.186. The fourth-order valence-corrected chi connectivity index (χ4v) is 8.24. The summed E-state index contributed by atoms with van der Waals surface area (Å²) in [6.07, 6.45) is 0. The van der Waals surface area contributed by atoms with E-state index in [2.05, 4.69) is 185 Å². The van der Waals surface area contributed by atoms with Gasteiger partial charge in [-0.25, -0.2) is 0 Å². The minimum absolute atomic E-state index is 0.900. The highest BCUT2D eigenvalue weighted by atomic mass is 16.3. The maximum atomic E-state index is 6.72. The Balaban J connectivity index is 1.19. The second kappa shape index (κ2) is 10.8. The summed E-state index contributed by atoms with van der Waals surface area (Å²) in [4.78, 5) is 0. The predicted octanol–water partition coefficient (Wildman–Crippen LogP) is 13.1. The van der Waals surface area contributed by atoms with Crippen LogP contribution in [-0.2, 0) is 0 Å². The lowest BCUT2D eigenvalue weighted by atomic mass is 9.98. The van der Waals surface area contributed by atoms with Crippen LogP contribution in [0.2, 0.25) is 0 Å². The van der Waals surface area contributed by atoms with Crippen molar-refractivity contribution in [1.29, 1.82) is 0 Å². The van der Waals surface area contributed by atoms with Gasteiger partial charge in [0.25, 0.3) is 0 Å². The van der Waals surface area contributed by atoms with Crippen LogP contribution in [-0.4, -0.2) is 9.13 Å². The summed E-state index contributed by atoms with van der Waals surface area (Å²) in [6, 6.07) is 65.4. The van der Waals surface area contributed by atoms with E-state index in [9.17, 15) is 0 Å². The van der Waals surface area contributed by atoms with Crippen molar-refractivity contribution in [3.05, 3.63) is 182 Å². The lowest BCUT2D eigenvalue weighted by Crippen LogP contribution is -1.97. The number of para-hydroxylation sites is 4. The van der Waals surface area contributed by atoms with Crippen molar-refractivity contribution in [2.24, 2.45) is 0 Å². The van der Waals surface area contributed by atoms with Gasteiger partial charge in [-0.1, -0.05) is 127 Å². The monoisotopic (exact) mass is 650 g/mol. The first-order valence-corrected chi connectivity index (χ1v) is 17.4. The van der Waals surface area contributed by atoms with Gasteiger partial charge in [-0.2, -0.15) is 0 Å². The van der Waals surface area contributed by atoms with Gasteiger partial charge in [-0.05, 0) is 71.3 Å². The molecule has 0 fully saturated rings. The molecular weight excluding hydrogens is 621 g/mol. The number of furan rings is 1. The summed E-state index contributed by atoms with van der Waals surface area (Å²) in [5, 5.41) is 7.08. The van der Waals surface area contributed by atoms with E-state index in [1.165, 1.54) is 43.9 Å². The van der Waals surface area contributed by atoms with Gasteiger partial charge >= 0.3 is 0 Å². The molecule has 0 N–H and O–H groups in total. The molecule has 3 heteroatoms. The minimum atomic E-state index is 0.900. The van der Waals surface area contributed by atoms with Gasteiger partial charge in [0.05, 0.1) is 27.5 Å². The smallest absolute Gasteiger partial charge is 0.145 e.